The van der Waals surface area contributed by atoms with Crippen molar-refractivity contribution >= 4 is 34.8 Å². The number of amides is 2. The molecule has 8 heteroatoms. The molecule has 0 saturated carbocycles. The summed E-state index contributed by atoms with van der Waals surface area (Å²) in [5, 5.41) is 4.70. The van der Waals surface area contributed by atoms with Crippen molar-refractivity contribution in [1.29, 1.82) is 0 Å². The van der Waals surface area contributed by atoms with E-state index in [4.69, 9.17) is 11.6 Å². The molecule has 0 aliphatic carbocycles. The summed E-state index contributed by atoms with van der Waals surface area (Å²) in [4.78, 5) is 25.1. The number of anilines is 2. The molecule has 0 radical (unpaired) electrons. The monoisotopic (exact) mass is 398 g/mol. The van der Waals surface area contributed by atoms with Crippen molar-refractivity contribution in [3.63, 3.8) is 0 Å². The number of hydrogen-bond acceptors (Lipinski definition) is 2. The van der Waals surface area contributed by atoms with Gasteiger partial charge in [0.05, 0.1) is 11.3 Å². The topological polar surface area (TPSA) is 58.2 Å². The first-order valence-corrected chi connectivity index (χ1v) is 8.36. The largest absolute Gasteiger partial charge is 0.418 e. The van der Waals surface area contributed by atoms with E-state index in [-0.39, 0.29) is 5.02 Å². The summed E-state index contributed by atoms with van der Waals surface area (Å²) in [5.74, 6) is -1.52. The van der Waals surface area contributed by atoms with Crippen molar-refractivity contribution < 1.29 is 22.8 Å². The zero-order valence-electron chi connectivity index (χ0n) is 14.9. The average Bonchev–Trinajstić information content (AvgIpc) is 2.57. The Bertz CT molecular complexity index is 879. The van der Waals surface area contributed by atoms with Crippen LogP contribution in [0.3, 0.4) is 0 Å². The molecule has 0 aliphatic rings. The molecule has 2 aromatic carbocycles. The van der Waals surface area contributed by atoms with Crippen molar-refractivity contribution in [1.82, 2.24) is 0 Å². The van der Waals surface area contributed by atoms with E-state index in [1.807, 2.05) is 0 Å². The normalized spacial score (nSPS) is 11.8. The summed E-state index contributed by atoms with van der Waals surface area (Å²) in [6.07, 6.45) is -4.71. The second kappa shape index (κ2) is 7.60. The van der Waals surface area contributed by atoms with Gasteiger partial charge in [0.2, 0.25) is 11.8 Å². The van der Waals surface area contributed by atoms with Crippen LogP contribution in [0.5, 0.6) is 0 Å². The number of benzene rings is 2. The van der Waals surface area contributed by atoms with E-state index in [1.165, 1.54) is 19.9 Å². The number of carbonyl (C=O) groups excluding carboxylic acids is 2. The number of rotatable bonds is 4. The molecule has 0 fully saturated rings. The maximum Gasteiger partial charge on any atom is 0.418 e. The molecule has 0 saturated heterocycles. The molecule has 0 aliphatic heterocycles. The van der Waals surface area contributed by atoms with Gasteiger partial charge in [-0.2, -0.15) is 13.2 Å². The van der Waals surface area contributed by atoms with Crippen molar-refractivity contribution in [3.8, 4) is 0 Å². The number of para-hydroxylation sites is 1. The third-order valence-electron chi connectivity index (χ3n) is 4.06. The van der Waals surface area contributed by atoms with Crippen molar-refractivity contribution in [2.45, 2.75) is 26.9 Å². The highest BCUT2D eigenvalue weighted by Gasteiger charge is 2.39. The van der Waals surface area contributed by atoms with Crippen LogP contribution in [-0.2, 0) is 15.8 Å². The number of nitrogens with one attached hydrogen (secondary N) is 2. The van der Waals surface area contributed by atoms with Crippen LogP contribution < -0.4 is 10.6 Å². The molecule has 0 heterocycles. The predicted octanol–water partition coefficient (Wildman–Crippen LogP) is 5.27. The number of aryl methyl sites for hydroxylation is 1. The Balaban J connectivity index is 2.24. The molecule has 0 atom stereocenters. The SMILES string of the molecule is Cc1ccccc1NC(=O)C(C)(C)C(=O)Nc1ccc(Cl)cc1C(F)(F)F. The Morgan fingerprint density at radius 3 is 2.04 bits per heavy atom. The van der Waals surface area contributed by atoms with E-state index in [0.29, 0.717) is 5.69 Å². The molecule has 144 valence electrons. The molecule has 0 bridgehead atoms. The van der Waals surface area contributed by atoms with Gasteiger partial charge in [0.25, 0.3) is 0 Å². The molecular weight excluding hydrogens is 381 g/mol. The summed E-state index contributed by atoms with van der Waals surface area (Å²) in [6.45, 7) is 4.45. The minimum atomic E-state index is -4.71. The van der Waals surface area contributed by atoms with E-state index >= 15 is 0 Å². The lowest BCUT2D eigenvalue weighted by Crippen LogP contribution is -2.42. The smallest absolute Gasteiger partial charge is 0.325 e. The first-order chi connectivity index (χ1) is 12.4. The van der Waals surface area contributed by atoms with Crippen molar-refractivity contribution in [2.75, 3.05) is 10.6 Å². The summed E-state index contributed by atoms with van der Waals surface area (Å²) in [5.41, 5.74) is -1.86. The fourth-order valence-corrected chi connectivity index (χ4v) is 2.41. The van der Waals surface area contributed by atoms with Crippen LogP contribution in [0.15, 0.2) is 42.5 Å². The van der Waals surface area contributed by atoms with Gasteiger partial charge in [-0.05, 0) is 50.6 Å². The summed E-state index contributed by atoms with van der Waals surface area (Å²) in [6, 6.07) is 9.97. The Kier molecular flexibility index (Phi) is 5.85. The van der Waals surface area contributed by atoms with Crippen molar-refractivity contribution in [3.05, 3.63) is 58.6 Å². The Hall–Kier alpha value is -2.54. The van der Waals surface area contributed by atoms with Gasteiger partial charge < -0.3 is 10.6 Å². The maximum atomic E-state index is 13.2. The van der Waals surface area contributed by atoms with Gasteiger partial charge in [-0.3, -0.25) is 9.59 Å². The van der Waals surface area contributed by atoms with Crippen LogP contribution in [-0.4, -0.2) is 11.8 Å². The number of carbonyl (C=O) groups is 2. The molecule has 4 nitrogen and oxygen atoms in total. The lowest BCUT2D eigenvalue weighted by Gasteiger charge is -2.24. The zero-order valence-corrected chi connectivity index (χ0v) is 15.6. The predicted molar refractivity (Wildman–Crippen MR) is 98.7 cm³/mol. The summed E-state index contributed by atoms with van der Waals surface area (Å²) < 4.78 is 39.5. The molecule has 0 aromatic heterocycles. The van der Waals surface area contributed by atoms with Gasteiger partial charge in [-0.15, -0.1) is 0 Å². The fourth-order valence-electron chi connectivity index (χ4n) is 2.23. The molecule has 2 amide bonds. The van der Waals surface area contributed by atoms with E-state index < -0.39 is 34.7 Å². The van der Waals surface area contributed by atoms with Crippen LogP contribution in [0.2, 0.25) is 5.02 Å². The highest BCUT2D eigenvalue weighted by Crippen LogP contribution is 2.37. The van der Waals surface area contributed by atoms with Crippen LogP contribution in [0.25, 0.3) is 0 Å². The van der Waals surface area contributed by atoms with E-state index in [1.54, 1.807) is 31.2 Å². The Labute approximate surface area is 159 Å². The number of hydrogen-bond donors (Lipinski definition) is 2. The van der Waals surface area contributed by atoms with Crippen LogP contribution in [0.4, 0.5) is 24.5 Å². The second-order valence-electron chi connectivity index (χ2n) is 6.54. The maximum absolute atomic E-state index is 13.2. The molecule has 2 N–H and O–H groups in total. The van der Waals surface area contributed by atoms with Gasteiger partial charge in [-0.25, -0.2) is 0 Å². The molecule has 27 heavy (non-hydrogen) atoms. The molecule has 2 aromatic rings. The van der Waals surface area contributed by atoms with Gasteiger partial charge in [0, 0.05) is 10.7 Å². The molecule has 0 spiro atoms. The van der Waals surface area contributed by atoms with Gasteiger partial charge in [-0.1, -0.05) is 29.8 Å². The average molecular weight is 399 g/mol. The number of halogens is 4. The minimum Gasteiger partial charge on any atom is -0.325 e. The quantitative estimate of drug-likeness (QED) is 0.689. The molecule has 0 unspecified atom stereocenters. The third-order valence-corrected chi connectivity index (χ3v) is 4.30. The highest BCUT2D eigenvalue weighted by molar-refractivity contribution is 6.30. The Morgan fingerprint density at radius 2 is 1.48 bits per heavy atom. The van der Waals surface area contributed by atoms with Crippen LogP contribution in [0.1, 0.15) is 25.0 Å². The molecule has 2 rings (SSSR count). The van der Waals surface area contributed by atoms with E-state index in [2.05, 4.69) is 10.6 Å². The first kappa shape index (κ1) is 20.8. The van der Waals surface area contributed by atoms with Crippen LogP contribution >= 0.6 is 11.6 Å². The number of alkyl halides is 3. The van der Waals surface area contributed by atoms with Gasteiger partial charge >= 0.3 is 6.18 Å². The minimum absolute atomic E-state index is 0.114. The van der Waals surface area contributed by atoms with E-state index in [0.717, 1.165) is 17.7 Å². The third kappa shape index (κ3) is 4.80. The van der Waals surface area contributed by atoms with Gasteiger partial charge in [0.15, 0.2) is 0 Å². The fraction of sp³-hybridized carbons (Fsp3) is 0.263. The van der Waals surface area contributed by atoms with Crippen LogP contribution in [0, 0.1) is 12.3 Å². The van der Waals surface area contributed by atoms with Gasteiger partial charge in [0.1, 0.15) is 5.41 Å². The molecular formula is C19H18ClF3N2O2. The summed E-state index contributed by atoms with van der Waals surface area (Å²) >= 11 is 5.63. The lowest BCUT2D eigenvalue weighted by molar-refractivity contribution is -0.137. The zero-order chi connectivity index (χ0) is 20.4. The second-order valence-corrected chi connectivity index (χ2v) is 6.97. The van der Waals surface area contributed by atoms with E-state index in [9.17, 15) is 22.8 Å². The lowest BCUT2D eigenvalue weighted by atomic mass is 9.90. The summed E-state index contributed by atoms with van der Waals surface area (Å²) in [7, 11) is 0. The van der Waals surface area contributed by atoms with Crippen molar-refractivity contribution in [2.24, 2.45) is 5.41 Å². The first-order valence-electron chi connectivity index (χ1n) is 7.98. The highest BCUT2D eigenvalue weighted by atomic mass is 35.5. The Morgan fingerprint density at radius 1 is 0.926 bits per heavy atom. The standard InChI is InChI=1S/C19H18ClF3N2O2/c1-11-6-4-5-7-14(11)24-16(26)18(2,3)17(27)25-15-9-8-12(20)10-13(15)19(21,22)23/h4-10H,1-3H3,(H,24,26)(H,25,27).